The fourth-order valence-corrected chi connectivity index (χ4v) is 0.0227. The van der Waals surface area contributed by atoms with Crippen LogP contribution in [-0.2, 0) is 14.3 Å². The molecule has 0 N–H and O–H groups in total. The first-order chi connectivity index (χ1) is 2.41. The summed E-state index contributed by atoms with van der Waals surface area (Å²) in [5.74, 6) is 0. The SMILES string of the molecule is O=COC=O.[H-].[H-].[K+].[K+]. The molecule has 0 saturated carbocycles. The van der Waals surface area contributed by atoms with E-state index >= 15 is 0 Å². The summed E-state index contributed by atoms with van der Waals surface area (Å²) in [5.41, 5.74) is 0. The molecule has 0 aromatic heterocycles. The summed E-state index contributed by atoms with van der Waals surface area (Å²) in [6.07, 6.45) is 0. The van der Waals surface area contributed by atoms with E-state index in [1.165, 1.54) is 0 Å². The zero-order valence-electron chi connectivity index (χ0n) is 6.38. The number of hydrogen-bond donors (Lipinski definition) is 0. The van der Waals surface area contributed by atoms with Gasteiger partial charge in [0, 0.05) is 0 Å². The molecule has 3 nitrogen and oxygen atoms in total. The van der Waals surface area contributed by atoms with Crippen LogP contribution in [0.15, 0.2) is 0 Å². The van der Waals surface area contributed by atoms with Gasteiger partial charge in [-0.05, 0) is 0 Å². The van der Waals surface area contributed by atoms with E-state index in [0.29, 0.717) is 0 Å². The van der Waals surface area contributed by atoms with Gasteiger partial charge in [0.25, 0.3) is 0 Å². The van der Waals surface area contributed by atoms with E-state index in [2.05, 4.69) is 4.74 Å². The molecule has 0 bridgehead atoms. The Hall–Kier alpha value is 2.41. The molecule has 5 heteroatoms. The summed E-state index contributed by atoms with van der Waals surface area (Å²) in [7, 11) is 0. The maximum atomic E-state index is 8.95. The smallest absolute Gasteiger partial charge is 1.00 e. The minimum Gasteiger partial charge on any atom is -1.00 e. The van der Waals surface area contributed by atoms with Crippen LogP contribution >= 0.6 is 0 Å². The molecule has 0 aromatic carbocycles. The summed E-state index contributed by atoms with van der Waals surface area (Å²) < 4.78 is 3.47. The van der Waals surface area contributed by atoms with Gasteiger partial charge in [0.1, 0.15) is 0 Å². The van der Waals surface area contributed by atoms with Crippen molar-refractivity contribution in [2.75, 3.05) is 0 Å². The number of carbonyl (C=O) groups excluding carboxylic acids is 2. The van der Waals surface area contributed by atoms with Crippen molar-refractivity contribution >= 4 is 12.9 Å². The Kier molecular flexibility index (Phi) is 36.5. The van der Waals surface area contributed by atoms with Gasteiger partial charge in [0.2, 0.25) is 0 Å². The Morgan fingerprint density at radius 3 is 1.43 bits per heavy atom. The van der Waals surface area contributed by atoms with Gasteiger partial charge in [-0.3, -0.25) is 9.59 Å². The van der Waals surface area contributed by atoms with Crippen LogP contribution in [0.1, 0.15) is 2.85 Å². The number of rotatable bonds is 2. The largest absolute Gasteiger partial charge is 1.00 e. The number of carbonyl (C=O) groups is 2. The van der Waals surface area contributed by atoms with Gasteiger partial charge < -0.3 is 7.59 Å². The molecule has 0 aliphatic heterocycles. The molecule has 0 amide bonds. The zero-order chi connectivity index (χ0) is 4.12. The van der Waals surface area contributed by atoms with Crippen molar-refractivity contribution in [3.8, 4) is 0 Å². The third-order valence-corrected chi connectivity index (χ3v) is 0.111. The fraction of sp³-hybridized carbons (Fsp3) is 0. The molecule has 32 valence electrons. The van der Waals surface area contributed by atoms with Gasteiger partial charge in [-0.15, -0.1) is 0 Å². The molecule has 0 radical (unpaired) electrons. The average Bonchev–Trinajstić information content (AvgIpc) is 1.41. The summed E-state index contributed by atoms with van der Waals surface area (Å²) in [6, 6.07) is 0. The third-order valence-electron chi connectivity index (χ3n) is 0.111. The first-order valence-electron chi connectivity index (χ1n) is 0.943. The fourth-order valence-electron chi connectivity index (χ4n) is 0.0227. The predicted octanol–water partition coefficient (Wildman–Crippen LogP) is -6.45. The molecular weight excluding hydrogens is 150 g/mol. The standard InChI is InChI=1S/C2H2O3.2K.2H/c3-1-5-2-4;;;;/h1-2H;;;;/q;2*+1;2*-1. The molecule has 0 saturated heterocycles. The van der Waals surface area contributed by atoms with Gasteiger partial charge in [0.05, 0.1) is 0 Å². The molecule has 0 heterocycles. The van der Waals surface area contributed by atoms with Crippen LogP contribution in [0.25, 0.3) is 0 Å². The van der Waals surface area contributed by atoms with Crippen LogP contribution in [0.2, 0.25) is 0 Å². The minimum atomic E-state index is 0. The molecule has 0 rings (SSSR count). The van der Waals surface area contributed by atoms with Crippen molar-refractivity contribution in [3.05, 3.63) is 0 Å². The van der Waals surface area contributed by atoms with Crippen molar-refractivity contribution in [2.45, 2.75) is 0 Å². The molecule has 0 aliphatic rings. The molecule has 0 spiro atoms. The predicted molar refractivity (Wildman–Crippen MR) is 15.4 cm³/mol. The number of hydrogen-bond acceptors (Lipinski definition) is 3. The van der Waals surface area contributed by atoms with Crippen LogP contribution in [0.4, 0.5) is 0 Å². The second kappa shape index (κ2) is 15.8. The van der Waals surface area contributed by atoms with E-state index in [1.807, 2.05) is 0 Å². The van der Waals surface area contributed by atoms with Crippen molar-refractivity contribution in [2.24, 2.45) is 0 Å². The van der Waals surface area contributed by atoms with Crippen LogP contribution in [0.3, 0.4) is 0 Å². The van der Waals surface area contributed by atoms with Gasteiger partial charge in [-0.2, -0.15) is 0 Å². The Balaban J connectivity index is -0.0000000133. The minimum absolute atomic E-state index is 0. The topological polar surface area (TPSA) is 43.4 Å². The van der Waals surface area contributed by atoms with Gasteiger partial charge in [-0.25, -0.2) is 0 Å². The van der Waals surface area contributed by atoms with E-state index in [4.69, 9.17) is 9.59 Å². The van der Waals surface area contributed by atoms with Crippen LogP contribution in [0.5, 0.6) is 0 Å². The molecule has 0 aliphatic carbocycles. The molecule has 0 fully saturated rings. The molecule has 0 atom stereocenters. The Bertz CT molecular complexity index is 47.1. The monoisotopic (exact) mass is 154 g/mol. The first-order valence-corrected chi connectivity index (χ1v) is 0.943. The Labute approximate surface area is 129 Å². The van der Waals surface area contributed by atoms with E-state index in [0.717, 1.165) is 0 Å². The summed E-state index contributed by atoms with van der Waals surface area (Å²) in [5, 5.41) is 0. The summed E-state index contributed by atoms with van der Waals surface area (Å²) in [6.45, 7) is 0.125. The van der Waals surface area contributed by atoms with E-state index in [-0.39, 0.29) is 119 Å². The van der Waals surface area contributed by atoms with Gasteiger partial charge >= 0.3 is 116 Å². The van der Waals surface area contributed by atoms with E-state index in [9.17, 15) is 0 Å². The number of ether oxygens (including phenoxy) is 1. The van der Waals surface area contributed by atoms with Crippen molar-refractivity contribution in [1.29, 1.82) is 0 Å². The molecule has 7 heavy (non-hydrogen) atoms. The normalized spacial score (nSPS) is 4.00. The van der Waals surface area contributed by atoms with E-state index in [1.54, 1.807) is 0 Å². The zero-order valence-corrected chi connectivity index (χ0v) is 10.6. The quantitative estimate of drug-likeness (QED) is 0.226. The molecular formula is C2H4K2O3. The first kappa shape index (κ1) is 16.2. The van der Waals surface area contributed by atoms with Crippen LogP contribution in [0, 0.1) is 0 Å². The van der Waals surface area contributed by atoms with Crippen LogP contribution in [-0.4, -0.2) is 12.9 Å². The van der Waals surface area contributed by atoms with E-state index < -0.39 is 0 Å². The molecule has 0 aromatic rings. The summed E-state index contributed by atoms with van der Waals surface area (Å²) in [4.78, 5) is 17.9. The maximum absolute atomic E-state index is 8.95. The van der Waals surface area contributed by atoms with Gasteiger partial charge in [-0.1, -0.05) is 0 Å². The second-order valence-corrected chi connectivity index (χ2v) is 0.329. The van der Waals surface area contributed by atoms with Crippen molar-refractivity contribution < 1.29 is 120 Å². The molecule has 0 unspecified atom stereocenters. The Morgan fingerprint density at radius 1 is 1.14 bits per heavy atom. The van der Waals surface area contributed by atoms with Crippen LogP contribution < -0.4 is 103 Å². The average molecular weight is 154 g/mol. The second-order valence-electron chi connectivity index (χ2n) is 0.329. The summed E-state index contributed by atoms with van der Waals surface area (Å²) >= 11 is 0. The maximum Gasteiger partial charge on any atom is 1.00 e. The van der Waals surface area contributed by atoms with Crippen molar-refractivity contribution in [3.63, 3.8) is 0 Å². The third kappa shape index (κ3) is 17.8. The Morgan fingerprint density at radius 2 is 1.43 bits per heavy atom. The van der Waals surface area contributed by atoms with Crippen molar-refractivity contribution in [1.82, 2.24) is 0 Å². The van der Waals surface area contributed by atoms with Gasteiger partial charge in [0.15, 0.2) is 0 Å².